The van der Waals surface area contributed by atoms with Crippen LogP contribution in [0.5, 0.6) is 0 Å². The quantitative estimate of drug-likeness (QED) is 0.648. The molecule has 0 fully saturated rings. The fraction of sp³-hybridized carbons (Fsp3) is 0.200. The van der Waals surface area contributed by atoms with Gasteiger partial charge in [0.05, 0.1) is 19.0 Å². The highest BCUT2D eigenvalue weighted by Gasteiger charge is 2.02. The highest BCUT2D eigenvalue weighted by Crippen LogP contribution is 2.15. The van der Waals surface area contributed by atoms with E-state index in [1.165, 1.54) is 11.8 Å². The normalized spacial score (nSPS) is 10.7. The number of benzene rings is 1. The monoisotopic (exact) mass is 271 g/mol. The Hall–Kier alpha value is -2.56. The topological polar surface area (TPSA) is 66.6 Å². The van der Waals surface area contributed by atoms with Crippen LogP contribution < -0.4 is 10.7 Å². The third kappa shape index (κ3) is 3.98. The summed E-state index contributed by atoms with van der Waals surface area (Å²) in [7, 11) is 0. The maximum atomic E-state index is 11.6. The van der Waals surface area contributed by atoms with Crippen LogP contribution in [-0.2, 0) is 4.79 Å². The molecule has 104 valence electrons. The first-order chi connectivity index (χ1) is 9.65. The van der Waals surface area contributed by atoms with Crippen LogP contribution in [0.2, 0.25) is 0 Å². The fourth-order valence-corrected chi connectivity index (χ4v) is 1.76. The standard InChI is InChI=1S/C15H17N3O2/c1-11-5-6-14(12(2)8-11)16-10-15(19)18-17-9-13-4-3-7-20-13/h3-9,16H,10H2,1-2H3,(H,18,19). The van der Waals surface area contributed by atoms with Gasteiger partial charge in [-0.3, -0.25) is 4.79 Å². The van der Waals surface area contributed by atoms with E-state index in [2.05, 4.69) is 21.9 Å². The zero-order valence-electron chi connectivity index (χ0n) is 11.5. The second-order valence-corrected chi connectivity index (χ2v) is 4.48. The first-order valence-electron chi connectivity index (χ1n) is 6.31. The van der Waals surface area contributed by atoms with Gasteiger partial charge in [-0.1, -0.05) is 17.7 Å². The predicted molar refractivity (Wildman–Crippen MR) is 78.9 cm³/mol. The Balaban J connectivity index is 1.80. The van der Waals surface area contributed by atoms with Crippen LogP contribution in [0.3, 0.4) is 0 Å². The van der Waals surface area contributed by atoms with E-state index in [-0.39, 0.29) is 12.5 Å². The molecule has 0 spiro atoms. The average molecular weight is 271 g/mol. The minimum Gasteiger partial charge on any atom is -0.463 e. The van der Waals surface area contributed by atoms with Gasteiger partial charge in [0.1, 0.15) is 5.76 Å². The average Bonchev–Trinajstić information content (AvgIpc) is 2.91. The zero-order chi connectivity index (χ0) is 14.4. The minimum atomic E-state index is -0.215. The Kier molecular flexibility index (Phi) is 4.55. The molecule has 1 heterocycles. The first-order valence-corrected chi connectivity index (χ1v) is 6.31. The van der Waals surface area contributed by atoms with Crippen molar-refractivity contribution in [2.75, 3.05) is 11.9 Å². The Morgan fingerprint density at radius 1 is 1.35 bits per heavy atom. The van der Waals surface area contributed by atoms with Crippen LogP contribution in [-0.4, -0.2) is 18.7 Å². The number of anilines is 1. The SMILES string of the molecule is Cc1ccc(NCC(=O)NN=Cc2ccco2)c(C)c1. The number of nitrogens with zero attached hydrogens (tertiary/aromatic N) is 1. The van der Waals surface area contributed by atoms with Crippen molar-refractivity contribution in [3.05, 3.63) is 53.5 Å². The molecular formula is C15H17N3O2. The van der Waals surface area contributed by atoms with Crippen molar-refractivity contribution in [3.63, 3.8) is 0 Å². The molecule has 0 radical (unpaired) electrons. The summed E-state index contributed by atoms with van der Waals surface area (Å²) in [4.78, 5) is 11.6. The Labute approximate surface area is 117 Å². The molecular weight excluding hydrogens is 254 g/mol. The number of aryl methyl sites for hydroxylation is 2. The second kappa shape index (κ2) is 6.56. The van der Waals surface area contributed by atoms with Gasteiger partial charge in [-0.2, -0.15) is 5.10 Å². The molecule has 0 aliphatic rings. The van der Waals surface area contributed by atoms with Crippen molar-refractivity contribution in [2.45, 2.75) is 13.8 Å². The summed E-state index contributed by atoms with van der Waals surface area (Å²) in [6.45, 7) is 4.20. The first kappa shape index (κ1) is 13.9. The molecule has 0 unspecified atom stereocenters. The van der Waals surface area contributed by atoms with Gasteiger partial charge in [0.15, 0.2) is 0 Å². The molecule has 2 aromatic rings. The van der Waals surface area contributed by atoms with Crippen molar-refractivity contribution in [3.8, 4) is 0 Å². The van der Waals surface area contributed by atoms with Crippen LogP contribution >= 0.6 is 0 Å². The molecule has 0 aliphatic carbocycles. The van der Waals surface area contributed by atoms with E-state index in [0.717, 1.165) is 11.3 Å². The van der Waals surface area contributed by atoms with Gasteiger partial charge in [-0.05, 0) is 37.6 Å². The maximum Gasteiger partial charge on any atom is 0.259 e. The molecule has 0 saturated heterocycles. The van der Waals surface area contributed by atoms with E-state index in [4.69, 9.17) is 4.42 Å². The third-order valence-corrected chi connectivity index (χ3v) is 2.75. The van der Waals surface area contributed by atoms with Crippen molar-refractivity contribution >= 4 is 17.8 Å². The number of hydrogen-bond donors (Lipinski definition) is 2. The lowest BCUT2D eigenvalue weighted by molar-refractivity contribution is -0.119. The largest absolute Gasteiger partial charge is 0.463 e. The van der Waals surface area contributed by atoms with Crippen molar-refractivity contribution in [1.29, 1.82) is 0 Å². The van der Waals surface area contributed by atoms with Crippen LogP contribution in [0, 0.1) is 13.8 Å². The van der Waals surface area contributed by atoms with Crippen LogP contribution in [0.1, 0.15) is 16.9 Å². The van der Waals surface area contributed by atoms with E-state index in [1.54, 1.807) is 18.4 Å². The van der Waals surface area contributed by atoms with E-state index in [9.17, 15) is 4.79 Å². The summed E-state index contributed by atoms with van der Waals surface area (Å²) >= 11 is 0. The molecule has 0 atom stereocenters. The van der Waals surface area contributed by atoms with Gasteiger partial charge in [0.2, 0.25) is 0 Å². The van der Waals surface area contributed by atoms with Crippen molar-refractivity contribution < 1.29 is 9.21 Å². The summed E-state index contributed by atoms with van der Waals surface area (Å²) in [5.74, 6) is 0.375. The number of furan rings is 1. The highest BCUT2D eigenvalue weighted by atomic mass is 16.3. The molecule has 1 aromatic heterocycles. The summed E-state index contributed by atoms with van der Waals surface area (Å²) in [6, 6.07) is 9.54. The van der Waals surface area contributed by atoms with Gasteiger partial charge < -0.3 is 9.73 Å². The number of nitrogens with one attached hydrogen (secondary N) is 2. The summed E-state index contributed by atoms with van der Waals surface area (Å²) < 4.78 is 5.06. The third-order valence-electron chi connectivity index (χ3n) is 2.75. The van der Waals surface area contributed by atoms with Crippen LogP contribution in [0.25, 0.3) is 0 Å². The van der Waals surface area contributed by atoms with Gasteiger partial charge in [0, 0.05) is 5.69 Å². The fourth-order valence-electron chi connectivity index (χ4n) is 1.76. The number of rotatable bonds is 5. The smallest absolute Gasteiger partial charge is 0.259 e. The van der Waals surface area contributed by atoms with Gasteiger partial charge in [-0.25, -0.2) is 5.43 Å². The number of carbonyl (C=O) groups excluding carboxylic acids is 1. The molecule has 0 bridgehead atoms. The molecule has 1 amide bonds. The van der Waals surface area contributed by atoms with Gasteiger partial charge >= 0.3 is 0 Å². The van der Waals surface area contributed by atoms with Gasteiger partial charge in [-0.15, -0.1) is 0 Å². The molecule has 2 N–H and O–H groups in total. The number of hydrogen-bond acceptors (Lipinski definition) is 4. The van der Waals surface area contributed by atoms with E-state index >= 15 is 0 Å². The molecule has 1 aromatic carbocycles. The van der Waals surface area contributed by atoms with Crippen LogP contribution in [0.15, 0.2) is 46.1 Å². The van der Waals surface area contributed by atoms with Crippen molar-refractivity contribution in [2.24, 2.45) is 5.10 Å². The molecule has 20 heavy (non-hydrogen) atoms. The van der Waals surface area contributed by atoms with E-state index < -0.39 is 0 Å². The lowest BCUT2D eigenvalue weighted by atomic mass is 10.1. The summed E-state index contributed by atoms with van der Waals surface area (Å²) in [6.07, 6.45) is 3.00. The van der Waals surface area contributed by atoms with Gasteiger partial charge in [0.25, 0.3) is 5.91 Å². The van der Waals surface area contributed by atoms with Crippen LogP contribution in [0.4, 0.5) is 5.69 Å². The summed E-state index contributed by atoms with van der Waals surface area (Å²) in [5, 5.41) is 6.88. The van der Waals surface area contributed by atoms with E-state index in [0.29, 0.717) is 5.76 Å². The predicted octanol–water partition coefficient (Wildman–Crippen LogP) is 2.46. The maximum absolute atomic E-state index is 11.6. The van der Waals surface area contributed by atoms with Crippen molar-refractivity contribution in [1.82, 2.24) is 5.43 Å². The Morgan fingerprint density at radius 2 is 2.20 bits per heavy atom. The minimum absolute atomic E-state index is 0.166. The Bertz CT molecular complexity index is 604. The molecule has 2 rings (SSSR count). The lowest BCUT2D eigenvalue weighted by Crippen LogP contribution is -2.26. The van der Waals surface area contributed by atoms with E-state index in [1.807, 2.05) is 26.0 Å². The number of amides is 1. The lowest BCUT2D eigenvalue weighted by Gasteiger charge is -2.09. The molecule has 5 heteroatoms. The summed E-state index contributed by atoms with van der Waals surface area (Å²) in [5.41, 5.74) is 5.68. The highest BCUT2D eigenvalue weighted by molar-refractivity contribution is 5.83. The second-order valence-electron chi connectivity index (χ2n) is 4.48. The Morgan fingerprint density at radius 3 is 2.90 bits per heavy atom. The molecule has 0 saturated carbocycles. The number of carbonyl (C=O) groups is 1. The molecule has 0 aliphatic heterocycles. The molecule has 5 nitrogen and oxygen atoms in total. The number of hydrazone groups is 1. The zero-order valence-corrected chi connectivity index (χ0v) is 11.5.